The number of benzene rings is 3. The van der Waals surface area contributed by atoms with E-state index in [1.165, 1.54) is 12.1 Å². The van der Waals surface area contributed by atoms with Gasteiger partial charge in [-0.3, -0.25) is 4.79 Å². The highest BCUT2D eigenvalue weighted by Crippen LogP contribution is 2.25. The van der Waals surface area contributed by atoms with E-state index in [1.807, 2.05) is 42.5 Å². The molecule has 1 amide bonds. The fourth-order valence-corrected chi connectivity index (χ4v) is 2.90. The third kappa shape index (κ3) is 3.83. The van der Waals surface area contributed by atoms with Crippen molar-refractivity contribution in [1.82, 2.24) is 10.5 Å². The fraction of sp³-hybridized carbons (Fsp3) is 0.0435. The zero-order valence-electron chi connectivity index (χ0n) is 14.9. The fourth-order valence-electron chi connectivity index (χ4n) is 2.90. The van der Waals surface area contributed by atoms with Gasteiger partial charge in [0.25, 0.3) is 5.91 Å². The van der Waals surface area contributed by atoms with E-state index < -0.39 is 11.7 Å². The molecule has 0 aliphatic heterocycles. The molecular weight excluding hydrogens is 355 g/mol. The molecule has 0 atom stereocenters. The van der Waals surface area contributed by atoms with Crippen LogP contribution in [0.4, 0.5) is 4.39 Å². The second-order valence-electron chi connectivity index (χ2n) is 6.29. The second-order valence-corrected chi connectivity index (χ2v) is 6.29. The monoisotopic (exact) mass is 372 g/mol. The summed E-state index contributed by atoms with van der Waals surface area (Å²) in [6.07, 6.45) is 0. The van der Waals surface area contributed by atoms with Gasteiger partial charge in [-0.1, -0.05) is 71.9 Å². The summed E-state index contributed by atoms with van der Waals surface area (Å²) in [5.74, 6) is -0.441. The van der Waals surface area contributed by atoms with E-state index in [9.17, 15) is 9.18 Å². The molecule has 1 aromatic heterocycles. The average Bonchev–Trinajstić information content (AvgIpc) is 3.22. The minimum atomic E-state index is -0.556. The number of hydrogen-bond donors (Lipinski definition) is 1. The number of carbonyl (C=O) groups excluding carboxylic acids is 1. The highest BCUT2D eigenvalue weighted by Gasteiger charge is 2.12. The van der Waals surface area contributed by atoms with Gasteiger partial charge in [-0.05, 0) is 23.3 Å². The Hall–Kier alpha value is -3.73. The molecule has 4 nitrogen and oxygen atoms in total. The standard InChI is InChI=1S/C23H17FN2O2/c24-21-9-5-4-8-20(21)23(27)25-15-19-14-22(28-26-19)18-12-10-17(11-13-18)16-6-2-1-3-7-16/h1-14H,15H2,(H,25,27). The Morgan fingerprint density at radius 3 is 2.25 bits per heavy atom. The summed E-state index contributed by atoms with van der Waals surface area (Å²) >= 11 is 0. The maximum absolute atomic E-state index is 13.7. The Balaban J connectivity index is 1.43. The zero-order valence-corrected chi connectivity index (χ0v) is 14.9. The summed E-state index contributed by atoms with van der Waals surface area (Å²) in [6.45, 7) is 0.152. The van der Waals surface area contributed by atoms with Gasteiger partial charge in [0.1, 0.15) is 11.5 Å². The van der Waals surface area contributed by atoms with Crippen LogP contribution in [0, 0.1) is 5.82 Å². The lowest BCUT2D eigenvalue weighted by atomic mass is 10.0. The Labute approximate surface area is 161 Å². The molecule has 1 N–H and O–H groups in total. The molecule has 0 saturated carbocycles. The van der Waals surface area contributed by atoms with Gasteiger partial charge in [0, 0.05) is 11.6 Å². The molecule has 0 spiro atoms. The molecule has 138 valence electrons. The number of halogens is 1. The van der Waals surface area contributed by atoms with E-state index in [4.69, 9.17) is 4.52 Å². The van der Waals surface area contributed by atoms with Gasteiger partial charge in [0.05, 0.1) is 12.1 Å². The van der Waals surface area contributed by atoms with E-state index >= 15 is 0 Å². The number of amides is 1. The number of hydrogen-bond acceptors (Lipinski definition) is 3. The molecule has 0 aliphatic rings. The zero-order chi connectivity index (χ0) is 19.3. The molecule has 5 heteroatoms. The first-order chi connectivity index (χ1) is 13.7. The molecule has 0 unspecified atom stereocenters. The lowest BCUT2D eigenvalue weighted by molar-refractivity contribution is 0.0946. The molecule has 0 radical (unpaired) electrons. The molecular formula is C23H17FN2O2. The molecule has 3 aromatic carbocycles. The quantitative estimate of drug-likeness (QED) is 0.532. The number of nitrogens with one attached hydrogen (secondary N) is 1. The predicted molar refractivity (Wildman–Crippen MR) is 105 cm³/mol. The van der Waals surface area contributed by atoms with Crippen molar-refractivity contribution in [2.75, 3.05) is 0 Å². The van der Waals surface area contributed by atoms with Gasteiger partial charge in [-0.2, -0.15) is 0 Å². The molecule has 0 fully saturated rings. The van der Waals surface area contributed by atoms with Crippen molar-refractivity contribution >= 4 is 5.91 Å². The lowest BCUT2D eigenvalue weighted by Crippen LogP contribution is -2.23. The van der Waals surface area contributed by atoms with Crippen LogP contribution in [-0.2, 0) is 6.54 Å². The highest BCUT2D eigenvalue weighted by molar-refractivity contribution is 5.94. The Morgan fingerprint density at radius 1 is 0.857 bits per heavy atom. The lowest BCUT2D eigenvalue weighted by Gasteiger charge is -2.03. The van der Waals surface area contributed by atoms with Crippen LogP contribution in [0.3, 0.4) is 0 Å². The van der Waals surface area contributed by atoms with Crippen molar-refractivity contribution in [2.24, 2.45) is 0 Å². The van der Waals surface area contributed by atoms with Crippen molar-refractivity contribution in [3.8, 4) is 22.5 Å². The summed E-state index contributed by atoms with van der Waals surface area (Å²) in [7, 11) is 0. The van der Waals surface area contributed by atoms with E-state index in [0.717, 1.165) is 16.7 Å². The van der Waals surface area contributed by atoms with Crippen molar-refractivity contribution in [2.45, 2.75) is 6.54 Å². The maximum Gasteiger partial charge on any atom is 0.254 e. The largest absolute Gasteiger partial charge is 0.356 e. The summed E-state index contributed by atoms with van der Waals surface area (Å²) in [6, 6.07) is 25.7. The summed E-state index contributed by atoms with van der Waals surface area (Å²) in [4.78, 5) is 12.1. The molecule has 0 aliphatic carbocycles. The van der Waals surface area contributed by atoms with Crippen molar-refractivity contribution in [1.29, 1.82) is 0 Å². The number of carbonyl (C=O) groups is 1. The van der Waals surface area contributed by atoms with E-state index in [1.54, 1.807) is 18.2 Å². The van der Waals surface area contributed by atoms with Crippen LogP contribution in [0.2, 0.25) is 0 Å². The van der Waals surface area contributed by atoms with Gasteiger partial charge in [0.15, 0.2) is 5.76 Å². The molecule has 4 aromatic rings. The number of aromatic nitrogens is 1. The van der Waals surface area contributed by atoms with Crippen LogP contribution in [0.25, 0.3) is 22.5 Å². The first-order valence-corrected chi connectivity index (χ1v) is 8.85. The molecule has 28 heavy (non-hydrogen) atoms. The van der Waals surface area contributed by atoms with E-state index in [0.29, 0.717) is 11.5 Å². The average molecular weight is 372 g/mol. The Morgan fingerprint density at radius 2 is 1.50 bits per heavy atom. The molecule has 0 saturated heterocycles. The SMILES string of the molecule is O=C(NCc1cc(-c2ccc(-c3ccccc3)cc2)on1)c1ccccc1F. The molecule has 0 bridgehead atoms. The van der Waals surface area contributed by atoms with Crippen LogP contribution in [-0.4, -0.2) is 11.1 Å². The van der Waals surface area contributed by atoms with Gasteiger partial charge < -0.3 is 9.84 Å². The third-order valence-corrected chi connectivity index (χ3v) is 4.38. The normalized spacial score (nSPS) is 10.6. The van der Waals surface area contributed by atoms with Crippen molar-refractivity contribution in [3.63, 3.8) is 0 Å². The van der Waals surface area contributed by atoms with Crippen LogP contribution in [0.1, 0.15) is 16.1 Å². The van der Waals surface area contributed by atoms with Crippen LogP contribution in [0.5, 0.6) is 0 Å². The summed E-state index contributed by atoms with van der Waals surface area (Å²) < 4.78 is 19.0. The molecule has 1 heterocycles. The van der Waals surface area contributed by atoms with Crippen LogP contribution < -0.4 is 5.32 Å². The van der Waals surface area contributed by atoms with E-state index in [2.05, 4.69) is 22.6 Å². The topological polar surface area (TPSA) is 55.1 Å². The van der Waals surface area contributed by atoms with Gasteiger partial charge in [-0.25, -0.2) is 4.39 Å². The van der Waals surface area contributed by atoms with Gasteiger partial charge >= 0.3 is 0 Å². The predicted octanol–water partition coefficient (Wildman–Crippen LogP) is 5.08. The number of rotatable bonds is 5. The van der Waals surface area contributed by atoms with Crippen LogP contribution >= 0.6 is 0 Å². The summed E-state index contributed by atoms with van der Waals surface area (Å²) in [5.41, 5.74) is 3.71. The third-order valence-electron chi connectivity index (χ3n) is 4.38. The first-order valence-electron chi connectivity index (χ1n) is 8.85. The maximum atomic E-state index is 13.7. The van der Waals surface area contributed by atoms with Gasteiger partial charge in [-0.15, -0.1) is 0 Å². The Kier molecular flexibility index (Phi) is 4.97. The Bertz CT molecular complexity index is 1090. The first kappa shape index (κ1) is 17.7. The summed E-state index contributed by atoms with van der Waals surface area (Å²) in [5, 5.41) is 6.63. The number of nitrogens with zero attached hydrogens (tertiary/aromatic N) is 1. The van der Waals surface area contributed by atoms with Gasteiger partial charge in [0.2, 0.25) is 0 Å². The highest BCUT2D eigenvalue weighted by atomic mass is 19.1. The van der Waals surface area contributed by atoms with E-state index in [-0.39, 0.29) is 12.1 Å². The smallest absolute Gasteiger partial charge is 0.254 e. The minimum absolute atomic E-state index is 0.00252. The van der Waals surface area contributed by atoms with Crippen molar-refractivity contribution < 1.29 is 13.7 Å². The molecule has 4 rings (SSSR count). The second kappa shape index (κ2) is 7.88. The van der Waals surface area contributed by atoms with Crippen molar-refractivity contribution in [3.05, 3.63) is 102 Å². The minimum Gasteiger partial charge on any atom is -0.356 e. The van der Waals surface area contributed by atoms with Crippen LogP contribution in [0.15, 0.2) is 89.5 Å².